The van der Waals surface area contributed by atoms with Crippen molar-refractivity contribution in [3.8, 4) is 0 Å². The van der Waals surface area contributed by atoms with Crippen LogP contribution in [0.25, 0.3) is 0 Å². The van der Waals surface area contributed by atoms with Crippen LogP contribution < -0.4 is 10.7 Å². The molecule has 0 bridgehead atoms. The van der Waals surface area contributed by atoms with Gasteiger partial charge in [-0.05, 0) is 36.8 Å². The third kappa shape index (κ3) is 5.45. The van der Waals surface area contributed by atoms with E-state index in [2.05, 4.69) is 10.4 Å². The van der Waals surface area contributed by atoms with E-state index in [4.69, 9.17) is 0 Å². The van der Waals surface area contributed by atoms with E-state index in [9.17, 15) is 22.8 Å². The zero-order valence-corrected chi connectivity index (χ0v) is 13.1. The molecule has 0 heterocycles. The van der Waals surface area contributed by atoms with E-state index in [1.807, 2.05) is 12.3 Å². The molecule has 8 heteroatoms. The zero-order chi connectivity index (χ0) is 18.4. The van der Waals surface area contributed by atoms with Crippen LogP contribution in [0.3, 0.4) is 0 Å². The summed E-state index contributed by atoms with van der Waals surface area (Å²) in [6, 6.07) is 11.0. The monoisotopic (exact) mass is 349 g/mol. The third-order valence-electron chi connectivity index (χ3n) is 3.13. The van der Waals surface area contributed by atoms with Crippen molar-refractivity contribution in [2.24, 2.45) is 5.10 Å². The Morgan fingerprint density at radius 1 is 0.960 bits per heavy atom. The predicted octanol–water partition coefficient (Wildman–Crippen LogP) is 3.10. The molecule has 0 saturated carbocycles. The van der Waals surface area contributed by atoms with Crippen molar-refractivity contribution in [3.05, 3.63) is 65.2 Å². The Bertz CT molecular complexity index is 782. The fraction of sp³-hybridized carbons (Fsp3) is 0.118. The maximum Gasteiger partial charge on any atom is 0.416 e. The number of amides is 2. The van der Waals surface area contributed by atoms with E-state index in [1.54, 1.807) is 24.3 Å². The van der Waals surface area contributed by atoms with Crippen LogP contribution in [0.1, 0.15) is 16.7 Å². The summed E-state index contributed by atoms with van der Waals surface area (Å²) in [6.45, 7) is 1.88. The highest BCUT2D eigenvalue weighted by Crippen LogP contribution is 2.28. The Kier molecular flexibility index (Phi) is 5.53. The van der Waals surface area contributed by atoms with Gasteiger partial charge >= 0.3 is 18.0 Å². The summed E-state index contributed by atoms with van der Waals surface area (Å²) in [5.41, 5.74) is 3.02. The van der Waals surface area contributed by atoms with Gasteiger partial charge in [0.2, 0.25) is 0 Å². The minimum atomic E-state index is -4.42. The van der Waals surface area contributed by atoms with Crippen molar-refractivity contribution in [2.45, 2.75) is 13.1 Å². The molecule has 130 valence electrons. The molecule has 0 fully saturated rings. The number of nitrogens with zero attached hydrogens (tertiary/aromatic N) is 1. The van der Waals surface area contributed by atoms with Gasteiger partial charge in [-0.15, -0.1) is 0 Å². The second-order valence-corrected chi connectivity index (χ2v) is 5.14. The van der Waals surface area contributed by atoms with E-state index in [0.717, 1.165) is 23.9 Å². The number of hydrogen-bond acceptors (Lipinski definition) is 3. The van der Waals surface area contributed by atoms with Crippen molar-refractivity contribution in [3.63, 3.8) is 0 Å². The number of carbonyl (C=O) groups excluding carboxylic acids is 2. The second-order valence-electron chi connectivity index (χ2n) is 5.14. The first-order valence-corrected chi connectivity index (χ1v) is 7.14. The first kappa shape index (κ1) is 18.2. The molecule has 0 aliphatic heterocycles. The Hall–Kier alpha value is -3.16. The van der Waals surface area contributed by atoms with Gasteiger partial charge in [0.1, 0.15) is 0 Å². The van der Waals surface area contributed by atoms with Crippen LogP contribution in [0.4, 0.5) is 18.9 Å². The molecule has 25 heavy (non-hydrogen) atoms. The van der Waals surface area contributed by atoms with Gasteiger partial charge in [0.25, 0.3) is 0 Å². The highest BCUT2D eigenvalue weighted by molar-refractivity contribution is 6.39. The molecule has 0 atom stereocenters. The van der Waals surface area contributed by atoms with E-state index in [-0.39, 0.29) is 0 Å². The molecule has 2 N–H and O–H groups in total. The lowest BCUT2D eigenvalue weighted by molar-refractivity contribution is -0.137. The maximum absolute atomic E-state index is 12.4. The number of anilines is 1. The van der Waals surface area contributed by atoms with Crippen molar-refractivity contribution < 1.29 is 22.8 Å². The summed E-state index contributed by atoms with van der Waals surface area (Å²) in [6.07, 6.45) is -3.28. The lowest BCUT2D eigenvalue weighted by Crippen LogP contribution is -2.32. The standard InChI is InChI=1S/C17H14F3N3O2/c1-11-2-8-14(9-3-11)22-15(24)16(25)23-21-10-12-4-6-13(7-5-12)17(18,19)20/h2-10H,1H3,(H,22,24)(H,23,25)/b21-10-. The van der Waals surface area contributed by atoms with Crippen LogP contribution >= 0.6 is 0 Å². The molecular weight excluding hydrogens is 335 g/mol. The van der Waals surface area contributed by atoms with Crippen molar-refractivity contribution in [1.82, 2.24) is 5.43 Å². The average molecular weight is 349 g/mol. The summed E-state index contributed by atoms with van der Waals surface area (Å²) in [5, 5.41) is 5.94. The van der Waals surface area contributed by atoms with Gasteiger partial charge in [-0.25, -0.2) is 5.43 Å². The van der Waals surface area contributed by atoms with Crippen LogP contribution in [0.15, 0.2) is 53.6 Å². The minimum Gasteiger partial charge on any atom is -0.318 e. The van der Waals surface area contributed by atoms with E-state index < -0.39 is 23.6 Å². The molecule has 0 aromatic heterocycles. The third-order valence-corrected chi connectivity index (χ3v) is 3.13. The fourth-order valence-corrected chi connectivity index (χ4v) is 1.80. The molecule has 2 amide bonds. The molecule has 0 spiro atoms. The first-order chi connectivity index (χ1) is 11.8. The van der Waals surface area contributed by atoms with E-state index in [1.165, 1.54) is 12.1 Å². The van der Waals surface area contributed by atoms with Crippen molar-refractivity contribution in [1.29, 1.82) is 0 Å². The highest BCUT2D eigenvalue weighted by Gasteiger charge is 2.29. The number of carbonyl (C=O) groups is 2. The number of hydrazone groups is 1. The zero-order valence-electron chi connectivity index (χ0n) is 13.1. The number of alkyl halides is 3. The van der Waals surface area contributed by atoms with Crippen LogP contribution in [0.2, 0.25) is 0 Å². The lowest BCUT2D eigenvalue weighted by Gasteiger charge is -2.06. The summed E-state index contributed by atoms with van der Waals surface area (Å²) >= 11 is 0. The Balaban J connectivity index is 1.89. The van der Waals surface area contributed by atoms with Crippen LogP contribution in [-0.2, 0) is 15.8 Å². The average Bonchev–Trinajstić information content (AvgIpc) is 2.56. The van der Waals surface area contributed by atoms with Crippen LogP contribution in [0.5, 0.6) is 0 Å². The molecular formula is C17H14F3N3O2. The number of hydrogen-bond donors (Lipinski definition) is 2. The molecule has 0 aliphatic carbocycles. The minimum absolute atomic E-state index is 0.340. The van der Waals surface area contributed by atoms with Gasteiger partial charge in [-0.1, -0.05) is 29.8 Å². The van der Waals surface area contributed by atoms with Gasteiger partial charge < -0.3 is 5.32 Å². The maximum atomic E-state index is 12.4. The summed E-state index contributed by atoms with van der Waals surface area (Å²) in [4.78, 5) is 23.3. The quantitative estimate of drug-likeness (QED) is 0.508. The summed E-state index contributed by atoms with van der Waals surface area (Å²) in [7, 11) is 0. The molecule has 2 aromatic carbocycles. The summed E-state index contributed by atoms with van der Waals surface area (Å²) in [5.74, 6) is -1.91. The molecule has 2 aromatic rings. The van der Waals surface area contributed by atoms with Gasteiger partial charge in [-0.2, -0.15) is 18.3 Å². The fourth-order valence-electron chi connectivity index (χ4n) is 1.80. The SMILES string of the molecule is Cc1ccc(NC(=O)C(=O)N/N=C\c2ccc(C(F)(F)F)cc2)cc1. The highest BCUT2D eigenvalue weighted by atomic mass is 19.4. The molecule has 0 radical (unpaired) electrons. The topological polar surface area (TPSA) is 70.6 Å². The normalized spacial score (nSPS) is 11.4. The second kappa shape index (κ2) is 7.61. The number of aryl methyl sites for hydroxylation is 1. The van der Waals surface area contributed by atoms with Crippen molar-refractivity contribution in [2.75, 3.05) is 5.32 Å². The summed E-state index contributed by atoms with van der Waals surface area (Å²) < 4.78 is 37.3. The van der Waals surface area contributed by atoms with E-state index >= 15 is 0 Å². The molecule has 5 nitrogen and oxygen atoms in total. The first-order valence-electron chi connectivity index (χ1n) is 7.14. The molecule has 0 aliphatic rings. The van der Waals surface area contributed by atoms with Crippen LogP contribution in [-0.4, -0.2) is 18.0 Å². The van der Waals surface area contributed by atoms with Gasteiger partial charge in [-0.3, -0.25) is 9.59 Å². The smallest absolute Gasteiger partial charge is 0.318 e. The number of rotatable bonds is 3. The van der Waals surface area contributed by atoms with Crippen LogP contribution in [0, 0.1) is 6.92 Å². The molecule has 2 rings (SSSR count). The van der Waals surface area contributed by atoms with Gasteiger partial charge in [0, 0.05) is 5.69 Å². The largest absolute Gasteiger partial charge is 0.416 e. The molecule has 0 saturated heterocycles. The number of benzene rings is 2. The predicted molar refractivity (Wildman–Crippen MR) is 87.0 cm³/mol. The lowest BCUT2D eigenvalue weighted by atomic mass is 10.1. The van der Waals surface area contributed by atoms with E-state index in [0.29, 0.717) is 11.3 Å². The van der Waals surface area contributed by atoms with Crippen molar-refractivity contribution >= 4 is 23.7 Å². The number of nitrogens with one attached hydrogen (secondary N) is 2. The molecule has 0 unspecified atom stereocenters. The van der Waals surface area contributed by atoms with Gasteiger partial charge in [0.15, 0.2) is 0 Å². The Morgan fingerprint density at radius 2 is 1.56 bits per heavy atom. The van der Waals surface area contributed by atoms with Gasteiger partial charge in [0.05, 0.1) is 11.8 Å². The number of halogens is 3. The Morgan fingerprint density at radius 3 is 2.12 bits per heavy atom. The Labute approximate surface area is 141 Å².